The van der Waals surface area contributed by atoms with Gasteiger partial charge in [-0.15, -0.1) is 0 Å². The first-order valence-corrected chi connectivity index (χ1v) is 6.23. The summed E-state index contributed by atoms with van der Waals surface area (Å²) >= 11 is 6.07. The first-order valence-electron chi connectivity index (χ1n) is 5.85. The van der Waals surface area contributed by atoms with Crippen LogP contribution in [0.2, 0.25) is 5.02 Å². The maximum absolute atomic E-state index is 6.07. The van der Waals surface area contributed by atoms with E-state index in [-0.39, 0.29) is 0 Å². The van der Waals surface area contributed by atoms with Crippen LogP contribution in [0.25, 0.3) is 0 Å². The number of nitrogens with zero attached hydrogens (tertiary/aromatic N) is 1. The Kier molecular flexibility index (Phi) is 3.48. The molecule has 0 fully saturated rings. The average Bonchev–Trinajstić information content (AvgIpc) is 2.33. The van der Waals surface area contributed by atoms with Crippen LogP contribution in [0, 0.1) is 13.8 Å². The number of rotatable bonds is 2. The topological polar surface area (TPSA) is 29.3 Å². The van der Waals surface area contributed by atoms with Crippen LogP contribution in [0.1, 0.15) is 11.1 Å². The van der Waals surface area contributed by atoms with E-state index >= 15 is 0 Å². The quantitative estimate of drug-likeness (QED) is 0.816. The minimum Gasteiger partial charge on any atom is -0.397 e. The summed E-state index contributed by atoms with van der Waals surface area (Å²) in [5.41, 5.74) is 11.1. The minimum absolute atomic E-state index is 0.691. The molecule has 0 saturated carbocycles. The van der Waals surface area contributed by atoms with Crippen LogP contribution in [0.4, 0.5) is 17.1 Å². The number of anilines is 3. The van der Waals surface area contributed by atoms with Crippen LogP contribution in [0.3, 0.4) is 0 Å². The van der Waals surface area contributed by atoms with Crippen LogP contribution < -0.4 is 10.6 Å². The smallest absolute Gasteiger partial charge is 0.0645 e. The zero-order chi connectivity index (χ0) is 13.3. The van der Waals surface area contributed by atoms with Gasteiger partial charge in [0.05, 0.1) is 11.4 Å². The summed E-state index contributed by atoms with van der Waals surface area (Å²) in [5.74, 6) is 0. The molecule has 18 heavy (non-hydrogen) atoms. The normalized spacial score (nSPS) is 10.4. The highest BCUT2D eigenvalue weighted by molar-refractivity contribution is 6.31. The van der Waals surface area contributed by atoms with Crippen molar-refractivity contribution in [2.24, 2.45) is 0 Å². The van der Waals surface area contributed by atoms with Gasteiger partial charge < -0.3 is 10.6 Å². The number of hydrogen-bond acceptors (Lipinski definition) is 2. The Morgan fingerprint density at radius 3 is 2.33 bits per heavy atom. The molecule has 0 aliphatic rings. The fourth-order valence-electron chi connectivity index (χ4n) is 2.04. The van der Waals surface area contributed by atoms with Crippen LogP contribution >= 0.6 is 11.6 Å². The summed E-state index contributed by atoms with van der Waals surface area (Å²) in [4.78, 5) is 2.09. The molecule has 2 rings (SSSR count). The Balaban J connectivity index is 2.50. The molecule has 2 aromatic carbocycles. The molecule has 0 aromatic heterocycles. The van der Waals surface area contributed by atoms with E-state index in [0.717, 1.165) is 16.9 Å². The Labute approximate surface area is 113 Å². The molecule has 0 unspecified atom stereocenters. The van der Waals surface area contributed by atoms with Crippen LogP contribution in [0.15, 0.2) is 36.4 Å². The van der Waals surface area contributed by atoms with E-state index in [1.807, 2.05) is 32.2 Å². The lowest BCUT2D eigenvalue weighted by Gasteiger charge is -2.23. The van der Waals surface area contributed by atoms with E-state index in [4.69, 9.17) is 17.3 Å². The molecular formula is C15H17ClN2. The van der Waals surface area contributed by atoms with Gasteiger partial charge in [-0.25, -0.2) is 0 Å². The van der Waals surface area contributed by atoms with Crippen molar-refractivity contribution in [3.63, 3.8) is 0 Å². The number of nitrogens with two attached hydrogens (primary N) is 1. The zero-order valence-electron chi connectivity index (χ0n) is 10.9. The average molecular weight is 261 g/mol. The molecule has 94 valence electrons. The zero-order valence-corrected chi connectivity index (χ0v) is 11.6. The lowest BCUT2D eigenvalue weighted by atomic mass is 10.1. The summed E-state index contributed by atoms with van der Waals surface area (Å²) < 4.78 is 0. The number of nitrogen functional groups attached to an aromatic ring is 1. The maximum Gasteiger partial charge on any atom is 0.0645 e. The first-order chi connectivity index (χ1) is 8.50. The number of halogens is 1. The van der Waals surface area contributed by atoms with Gasteiger partial charge in [0.25, 0.3) is 0 Å². The molecule has 0 atom stereocenters. The van der Waals surface area contributed by atoms with Crippen molar-refractivity contribution >= 4 is 28.7 Å². The van der Waals surface area contributed by atoms with Gasteiger partial charge in [-0.05, 0) is 43.2 Å². The lowest BCUT2D eigenvalue weighted by molar-refractivity contribution is 1.18. The Bertz CT molecular complexity index is 579. The minimum atomic E-state index is 0.691. The Hall–Kier alpha value is -1.67. The molecule has 2 N–H and O–H groups in total. The molecule has 3 heteroatoms. The monoisotopic (exact) mass is 260 g/mol. The molecule has 2 aromatic rings. The number of para-hydroxylation sites is 1. The van der Waals surface area contributed by atoms with E-state index < -0.39 is 0 Å². The maximum atomic E-state index is 6.07. The van der Waals surface area contributed by atoms with Crippen LogP contribution in [-0.4, -0.2) is 7.05 Å². The van der Waals surface area contributed by atoms with Gasteiger partial charge in [0, 0.05) is 17.8 Å². The number of hydrogen-bond donors (Lipinski definition) is 1. The third-order valence-corrected chi connectivity index (χ3v) is 3.55. The van der Waals surface area contributed by atoms with Gasteiger partial charge >= 0.3 is 0 Å². The second-order valence-corrected chi connectivity index (χ2v) is 4.91. The molecule has 2 nitrogen and oxygen atoms in total. The van der Waals surface area contributed by atoms with Gasteiger partial charge in [0.2, 0.25) is 0 Å². The van der Waals surface area contributed by atoms with E-state index in [1.165, 1.54) is 5.56 Å². The van der Waals surface area contributed by atoms with Crippen molar-refractivity contribution < 1.29 is 0 Å². The largest absolute Gasteiger partial charge is 0.397 e. The van der Waals surface area contributed by atoms with E-state index in [0.29, 0.717) is 10.7 Å². The fourth-order valence-corrected chi connectivity index (χ4v) is 2.21. The second kappa shape index (κ2) is 4.91. The van der Waals surface area contributed by atoms with Crippen molar-refractivity contribution in [3.8, 4) is 0 Å². The predicted octanol–water partition coefficient (Wildman–Crippen LogP) is 4.31. The third-order valence-electron chi connectivity index (χ3n) is 3.15. The molecule has 0 heterocycles. The van der Waals surface area contributed by atoms with E-state index in [1.54, 1.807) is 6.07 Å². The van der Waals surface area contributed by atoms with Crippen molar-refractivity contribution in [1.82, 2.24) is 0 Å². The lowest BCUT2D eigenvalue weighted by Crippen LogP contribution is -2.13. The van der Waals surface area contributed by atoms with Crippen molar-refractivity contribution in [3.05, 3.63) is 52.5 Å². The van der Waals surface area contributed by atoms with E-state index in [9.17, 15) is 0 Å². The SMILES string of the molecule is Cc1cc(N(C)c2ccccc2C)c(N)cc1Cl. The highest BCUT2D eigenvalue weighted by atomic mass is 35.5. The standard InChI is InChI=1S/C15H17ClN2/c1-10-6-4-5-7-14(10)18(3)15-8-11(2)12(16)9-13(15)17/h4-9H,17H2,1-3H3. The molecule has 0 amide bonds. The number of benzene rings is 2. The summed E-state index contributed by atoms with van der Waals surface area (Å²) in [7, 11) is 2.02. The summed E-state index contributed by atoms with van der Waals surface area (Å²) in [6.45, 7) is 4.07. The highest BCUT2D eigenvalue weighted by Crippen LogP contribution is 2.34. The highest BCUT2D eigenvalue weighted by Gasteiger charge is 2.11. The second-order valence-electron chi connectivity index (χ2n) is 4.51. The third kappa shape index (κ3) is 2.29. The van der Waals surface area contributed by atoms with Gasteiger partial charge in [-0.1, -0.05) is 29.8 Å². The molecule has 0 saturated heterocycles. The molecule has 0 bridgehead atoms. The molecule has 0 radical (unpaired) electrons. The van der Waals surface area contributed by atoms with Crippen LogP contribution in [0.5, 0.6) is 0 Å². The van der Waals surface area contributed by atoms with Crippen LogP contribution in [-0.2, 0) is 0 Å². The number of aryl methyl sites for hydroxylation is 2. The van der Waals surface area contributed by atoms with Crippen molar-refractivity contribution in [2.75, 3.05) is 17.7 Å². The molecule has 0 aliphatic carbocycles. The molecule has 0 spiro atoms. The van der Waals surface area contributed by atoms with Gasteiger partial charge in [0.1, 0.15) is 0 Å². The Morgan fingerprint density at radius 2 is 1.67 bits per heavy atom. The van der Waals surface area contributed by atoms with Gasteiger partial charge in [-0.2, -0.15) is 0 Å². The van der Waals surface area contributed by atoms with Gasteiger partial charge in [0.15, 0.2) is 0 Å². The fraction of sp³-hybridized carbons (Fsp3) is 0.200. The summed E-state index contributed by atoms with van der Waals surface area (Å²) in [6, 6.07) is 12.1. The molecular weight excluding hydrogens is 244 g/mol. The first kappa shape index (κ1) is 12.8. The van der Waals surface area contributed by atoms with Crippen molar-refractivity contribution in [1.29, 1.82) is 0 Å². The van der Waals surface area contributed by atoms with Crippen molar-refractivity contribution in [2.45, 2.75) is 13.8 Å². The summed E-state index contributed by atoms with van der Waals surface area (Å²) in [6.07, 6.45) is 0. The molecule has 0 aliphatic heterocycles. The van der Waals surface area contributed by atoms with Gasteiger partial charge in [-0.3, -0.25) is 0 Å². The van der Waals surface area contributed by atoms with E-state index in [2.05, 4.69) is 24.0 Å². The Morgan fingerprint density at radius 1 is 1.00 bits per heavy atom. The predicted molar refractivity (Wildman–Crippen MR) is 79.8 cm³/mol. The summed E-state index contributed by atoms with van der Waals surface area (Å²) in [5, 5.41) is 0.703.